The van der Waals surface area contributed by atoms with Gasteiger partial charge in [-0.15, -0.1) is 0 Å². The van der Waals surface area contributed by atoms with Crippen LogP contribution in [0, 0.1) is 12.8 Å². The number of para-hydroxylation sites is 1. The molecule has 144 valence electrons. The van der Waals surface area contributed by atoms with Crippen molar-refractivity contribution in [2.24, 2.45) is 5.92 Å². The van der Waals surface area contributed by atoms with E-state index in [2.05, 4.69) is 6.92 Å². The second-order valence-corrected chi connectivity index (χ2v) is 7.76. The molecule has 2 atom stereocenters. The first-order chi connectivity index (χ1) is 13.5. The first-order valence-electron chi connectivity index (χ1n) is 9.87. The summed E-state index contributed by atoms with van der Waals surface area (Å²) in [5.41, 5.74) is 2.54. The van der Waals surface area contributed by atoms with Crippen molar-refractivity contribution in [2.45, 2.75) is 45.6 Å². The molecule has 1 heterocycles. The van der Waals surface area contributed by atoms with Gasteiger partial charge >= 0.3 is 11.6 Å². The number of hydrogen-bond acceptors (Lipinski definition) is 4. The van der Waals surface area contributed by atoms with Gasteiger partial charge in [0.15, 0.2) is 0 Å². The van der Waals surface area contributed by atoms with Crippen LogP contribution in [-0.2, 0) is 4.74 Å². The highest BCUT2D eigenvalue weighted by atomic mass is 16.5. The molecule has 0 radical (unpaired) electrons. The zero-order chi connectivity index (χ0) is 19.7. The third-order valence-electron chi connectivity index (χ3n) is 5.65. The second-order valence-electron chi connectivity index (χ2n) is 7.76. The van der Waals surface area contributed by atoms with Gasteiger partial charge in [-0.05, 0) is 61.4 Å². The Morgan fingerprint density at radius 1 is 1.07 bits per heavy atom. The van der Waals surface area contributed by atoms with Gasteiger partial charge in [0.2, 0.25) is 0 Å². The SMILES string of the molecule is Cc1c(C(=O)O[C@@H]2CCC[C@H](C)C2)cccc1-c1cc2ccccc2oc1=O. The fourth-order valence-corrected chi connectivity index (χ4v) is 4.10. The Kier molecular flexibility index (Phi) is 5.03. The molecule has 0 saturated heterocycles. The average molecular weight is 376 g/mol. The summed E-state index contributed by atoms with van der Waals surface area (Å²) in [4.78, 5) is 25.3. The van der Waals surface area contributed by atoms with Gasteiger partial charge in [0.1, 0.15) is 11.7 Å². The summed E-state index contributed by atoms with van der Waals surface area (Å²) in [5.74, 6) is 0.268. The fourth-order valence-electron chi connectivity index (χ4n) is 4.10. The van der Waals surface area contributed by atoms with Crippen molar-refractivity contribution in [3.05, 3.63) is 70.1 Å². The molecule has 4 nitrogen and oxygen atoms in total. The predicted molar refractivity (Wildman–Crippen MR) is 109 cm³/mol. The second kappa shape index (κ2) is 7.63. The van der Waals surface area contributed by atoms with E-state index >= 15 is 0 Å². The van der Waals surface area contributed by atoms with Gasteiger partial charge in [-0.25, -0.2) is 9.59 Å². The molecule has 0 amide bonds. The van der Waals surface area contributed by atoms with Crippen LogP contribution in [-0.4, -0.2) is 12.1 Å². The Bertz CT molecular complexity index is 1080. The lowest BCUT2D eigenvalue weighted by Crippen LogP contribution is -2.25. The molecule has 1 aliphatic rings. The summed E-state index contributed by atoms with van der Waals surface area (Å²) in [6, 6.07) is 14.6. The van der Waals surface area contributed by atoms with Crippen LogP contribution in [0.2, 0.25) is 0 Å². The van der Waals surface area contributed by atoms with E-state index in [1.807, 2.05) is 37.3 Å². The first-order valence-corrected chi connectivity index (χ1v) is 9.87. The van der Waals surface area contributed by atoms with Gasteiger partial charge in [0, 0.05) is 5.39 Å². The lowest BCUT2D eigenvalue weighted by molar-refractivity contribution is 0.0154. The van der Waals surface area contributed by atoms with Crippen molar-refractivity contribution in [3.8, 4) is 11.1 Å². The van der Waals surface area contributed by atoms with E-state index in [0.717, 1.165) is 30.2 Å². The highest BCUT2D eigenvalue weighted by molar-refractivity contribution is 5.94. The van der Waals surface area contributed by atoms with Crippen LogP contribution in [0.25, 0.3) is 22.1 Å². The summed E-state index contributed by atoms with van der Waals surface area (Å²) in [6.45, 7) is 4.05. The van der Waals surface area contributed by atoms with Gasteiger partial charge < -0.3 is 9.15 Å². The summed E-state index contributed by atoms with van der Waals surface area (Å²) in [6.07, 6.45) is 4.10. The van der Waals surface area contributed by atoms with Crippen LogP contribution >= 0.6 is 0 Å². The highest BCUT2D eigenvalue weighted by Gasteiger charge is 2.24. The number of esters is 1. The molecule has 1 saturated carbocycles. The lowest BCUT2D eigenvalue weighted by atomic mass is 9.88. The molecule has 1 fully saturated rings. The van der Waals surface area contributed by atoms with E-state index in [1.165, 1.54) is 6.42 Å². The maximum absolute atomic E-state index is 12.8. The third-order valence-corrected chi connectivity index (χ3v) is 5.65. The molecule has 4 heteroatoms. The number of carbonyl (C=O) groups excluding carboxylic acids is 1. The van der Waals surface area contributed by atoms with Crippen LogP contribution in [0.15, 0.2) is 57.7 Å². The number of rotatable bonds is 3. The maximum atomic E-state index is 12.8. The van der Waals surface area contributed by atoms with Crippen molar-refractivity contribution < 1.29 is 13.9 Å². The number of ether oxygens (including phenoxy) is 1. The normalized spacial score (nSPS) is 19.5. The van der Waals surface area contributed by atoms with Crippen LogP contribution < -0.4 is 5.63 Å². The number of benzene rings is 2. The minimum atomic E-state index is -0.409. The molecule has 0 N–H and O–H groups in total. The smallest absolute Gasteiger partial charge is 0.344 e. The van der Waals surface area contributed by atoms with E-state index in [-0.39, 0.29) is 12.1 Å². The van der Waals surface area contributed by atoms with Gasteiger partial charge in [0.05, 0.1) is 11.1 Å². The molecule has 3 aromatic rings. The largest absolute Gasteiger partial charge is 0.459 e. The molecule has 0 unspecified atom stereocenters. The molecule has 1 aromatic heterocycles. The van der Waals surface area contributed by atoms with Crippen LogP contribution in [0.3, 0.4) is 0 Å². The monoisotopic (exact) mass is 376 g/mol. The minimum absolute atomic E-state index is 0.0231. The van der Waals surface area contributed by atoms with Gasteiger partial charge in [0.25, 0.3) is 0 Å². The molecule has 1 aliphatic carbocycles. The van der Waals surface area contributed by atoms with Crippen molar-refractivity contribution in [1.29, 1.82) is 0 Å². The maximum Gasteiger partial charge on any atom is 0.344 e. The topological polar surface area (TPSA) is 56.5 Å². The Hall–Kier alpha value is -2.88. The number of hydrogen-bond donors (Lipinski definition) is 0. The summed E-state index contributed by atoms with van der Waals surface area (Å²) >= 11 is 0. The van der Waals surface area contributed by atoms with Crippen molar-refractivity contribution in [2.75, 3.05) is 0 Å². The summed E-state index contributed by atoms with van der Waals surface area (Å²) in [5, 5.41) is 0.848. The lowest BCUT2D eigenvalue weighted by Gasteiger charge is -2.26. The standard InChI is InChI=1S/C24H24O4/c1-15-7-5-9-18(13-15)27-23(25)20-11-6-10-19(16(20)2)21-14-17-8-3-4-12-22(17)28-24(21)26/h3-4,6,8,10-12,14-15,18H,5,7,9,13H2,1-2H3/t15-,18+/m0/s1. The van der Waals surface area contributed by atoms with Crippen molar-refractivity contribution in [3.63, 3.8) is 0 Å². The Morgan fingerprint density at radius 3 is 2.71 bits per heavy atom. The molecule has 0 bridgehead atoms. The van der Waals surface area contributed by atoms with Gasteiger partial charge in [-0.3, -0.25) is 0 Å². The molecule has 4 rings (SSSR count). The quantitative estimate of drug-likeness (QED) is 0.447. The van der Waals surface area contributed by atoms with E-state index < -0.39 is 5.63 Å². The van der Waals surface area contributed by atoms with E-state index in [1.54, 1.807) is 18.2 Å². The summed E-state index contributed by atoms with van der Waals surface area (Å²) < 4.78 is 11.2. The Morgan fingerprint density at radius 2 is 1.89 bits per heavy atom. The van der Waals surface area contributed by atoms with Crippen molar-refractivity contribution in [1.82, 2.24) is 0 Å². The van der Waals surface area contributed by atoms with E-state index in [0.29, 0.717) is 28.2 Å². The van der Waals surface area contributed by atoms with Crippen LogP contribution in [0.5, 0.6) is 0 Å². The van der Waals surface area contributed by atoms with E-state index in [4.69, 9.17) is 9.15 Å². The highest BCUT2D eigenvalue weighted by Crippen LogP contribution is 2.29. The van der Waals surface area contributed by atoms with Gasteiger partial charge in [-0.2, -0.15) is 0 Å². The molecule has 0 spiro atoms. The Labute approximate surface area is 164 Å². The zero-order valence-electron chi connectivity index (χ0n) is 16.2. The number of carbonyl (C=O) groups is 1. The molecule has 0 aliphatic heterocycles. The fraction of sp³-hybridized carbons (Fsp3) is 0.333. The molecular weight excluding hydrogens is 352 g/mol. The van der Waals surface area contributed by atoms with Crippen LogP contribution in [0.1, 0.15) is 48.5 Å². The minimum Gasteiger partial charge on any atom is -0.459 e. The molecule has 28 heavy (non-hydrogen) atoms. The van der Waals surface area contributed by atoms with Gasteiger partial charge in [-0.1, -0.05) is 43.7 Å². The molecular formula is C24H24O4. The predicted octanol–water partition coefficient (Wildman–Crippen LogP) is 5.50. The number of fused-ring (bicyclic) bond motifs is 1. The van der Waals surface area contributed by atoms with E-state index in [9.17, 15) is 9.59 Å². The first kappa shape index (κ1) is 18.5. The van der Waals surface area contributed by atoms with Crippen LogP contribution in [0.4, 0.5) is 0 Å². The summed E-state index contributed by atoms with van der Waals surface area (Å²) in [7, 11) is 0. The average Bonchev–Trinajstić information content (AvgIpc) is 2.68. The zero-order valence-corrected chi connectivity index (χ0v) is 16.2. The Balaban J connectivity index is 1.68. The van der Waals surface area contributed by atoms with Crippen molar-refractivity contribution >= 4 is 16.9 Å². The molecule has 2 aromatic carbocycles. The third kappa shape index (κ3) is 3.59.